The van der Waals surface area contributed by atoms with Gasteiger partial charge in [-0.25, -0.2) is 8.78 Å². The van der Waals surface area contributed by atoms with E-state index in [1.165, 1.54) is 4.68 Å². The maximum absolute atomic E-state index is 12.6. The van der Waals surface area contributed by atoms with Crippen molar-refractivity contribution in [3.05, 3.63) is 50.7 Å². The number of benzene rings is 1. The Labute approximate surface area is 168 Å². The highest BCUT2D eigenvalue weighted by molar-refractivity contribution is 9.10. The van der Waals surface area contributed by atoms with E-state index in [0.29, 0.717) is 45.1 Å². The van der Waals surface area contributed by atoms with Crippen molar-refractivity contribution in [1.82, 2.24) is 15.1 Å². The Morgan fingerprint density at radius 1 is 1.44 bits per heavy atom. The predicted octanol–water partition coefficient (Wildman–Crippen LogP) is 4.71. The Kier molecular flexibility index (Phi) is 6.16. The number of aryl methyl sites for hydroxylation is 2. The molecule has 2 heterocycles. The van der Waals surface area contributed by atoms with Gasteiger partial charge in [0.15, 0.2) is 0 Å². The monoisotopic (exact) mass is 458 g/mol. The largest absolute Gasteiger partial charge is 0.355 e. The molecule has 1 aliphatic rings. The fraction of sp³-hybridized carbons (Fsp3) is 0.333. The number of nitrogens with one attached hydrogen (secondary N) is 2. The summed E-state index contributed by atoms with van der Waals surface area (Å²) in [5, 5.41) is 10.7. The smallest absolute Gasteiger partial charge is 0.253 e. The van der Waals surface area contributed by atoms with Crippen LogP contribution in [0.1, 0.15) is 34.5 Å². The van der Waals surface area contributed by atoms with Crippen LogP contribution in [-0.4, -0.2) is 29.2 Å². The summed E-state index contributed by atoms with van der Waals surface area (Å²) in [6.45, 7) is 0.0907. The van der Waals surface area contributed by atoms with Gasteiger partial charge in [-0.3, -0.25) is 9.48 Å². The summed E-state index contributed by atoms with van der Waals surface area (Å²) in [5.74, 6) is -0.255. The van der Waals surface area contributed by atoms with Gasteiger partial charge in [-0.15, -0.1) is 0 Å². The van der Waals surface area contributed by atoms with Gasteiger partial charge >= 0.3 is 0 Å². The fourth-order valence-corrected chi connectivity index (χ4v) is 3.69. The van der Waals surface area contributed by atoms with Crippen LogP contribution in [0, 0.1) is 0 Å². The highest BCUT2D eigenvalue weighted by Gasteiger charge is 2.21. The van der Waals surface area contributed by atoms with Crippen LogP contribution >= 0.6 is 27.5 Å². The molecule has 1 amide bonds. The normalized spacial score (nSPS) is 13.6. The molecule has 3 rings (SSSR count). The lowest BCUT2D eigenvalue weighted by Gasteiger charge is -2.17. The van der Waals surface area contributed by atoms with Gasteiger partial charge < -0.3 is 10.6 Å². The summed E-state index contributed by atoms with van der Waals surface area (Å²) in [6.07, 6.45) is 0.691. The molecule has 1 aromatic heterocycles. The minimum absolute atomic E-state index is 0.0907. The number of amides is 1. The summed E-state index contributed by atoms with van der Waals surface area (Å²) >= 11 is 9.48. The highest BCUT2D eigenvalue weighted by atomic mass is 79.9. The van der Waals surface area contributed by atoms with Crippen molar-refractivity contribution in [2.24, 2.45) is 0 Å². The van der Waals surface area contributed by atoms with E-state index >= 15 is 0 Å². The molecule has 0 spiro atoms. The first-order chi connectivity index (χ1) is 12.9. The Hall–Kier alpha value is -1.93. The summed E-state index contributed by atoms with van der Waals surface area (Å²) < 4.78 is 27.4. The van der Waals surface area contributed by atoms with E-state index in [9.17, 15) is 13.6 Å². The number of fused-ring (bicyclic) bond motifs is 1. The number of nitrogens with zero attached hydrogens (tertiary/aromatic N) is 2. The summed E-state index contributed by atoms with van der Waals surface area (Å²) in [5.41, 5.74) is 3.41. The average Bonchev–Trinajstić information content (AvgIpc) is 2.86. The second kappa shape index (κ2) is 8.39. The SMILES string of the molecule is CNC(=O)c1cc(Cl)cc2c1NC(c1cc(Br)nn1CCC(F)F)=CCC2. The second-order valence-electron chi connectivity index (χ2n) is 6.10. The number of hydrogen-bond donors (Lipinski definition) is 2. The van der Waals surface area contributed by atoms with Crippen LogP contribution in [0.5, 0.6) is 0 Å². The molecule has 1 aromatic carbocycles. The summed E-state index contributed by atoms with van der Waals surface area (Å²) in [7, 11) is 1.56. The third-order valence-corrected chi connectivity index (χ3v) is 4.87. The minimum atomic E-state index is -2.40. The molecular weight excluding hydrogens is 442 g/mol. The summed E-state index contributed by atoms with van der Waals surface area (Å²) in [6, 6.07) is 5.21. The summed E-state index contributed by atoms with van der Waals surface area (Å²) in [4.78, 5) is 12.3. The molecule has 1 aliphatic heterocycles. The topological polar surface area (TPSA) is 59.0 Å². The van der Waals surface area contributed by atoms with E-state index in [-0.39, 0.29) is 18.9 Å². The van der Waals surface area contributed by atoms with Crippen molar-refractivity contribution < 1.29 is 13.6 Å². The minimum Gasteiger partial charge on any atom is -0.355 e. The van der Waals surface area contributed by atoms with Crippen molar-refractivity contribution in [3.8, 4) is 0 Å². The maximum Gasteiger partial charge on any atom is 0.253 e. The van der Waals surface area contributed by atoms with Crippen LogP contribution in [0.2, 0.25) is 5.02 Å². The van der Waals surface area contributed by atoms with Crippen LogP contribution in [0.3, 0.4) is 0 Å². The van der Waals surface area contributed by atoms with E-state index in [4.69, 9.17) is 11.6 Å². The molecule has 0 radical (unpaired) electrons. The number of carbonyl (C=O) groups excluding carboxylic acids is 1. The van der Waals surface area contributed by atoms with E-state index in [0.717, 1.165) is 5.56 Å². The highest BCUT2D eigenvalue weighted by Crippen LogP contribution is 2.33. The van der Waals surface area contributed by atoms with E-state index in [2.05, 4.69) is 31.7 Å². The van der Waals surface area contributed by atoms with Gasteiger partial charge in [-0.05, 0) is 46.5 Å². The lowest BCUT2D eigenvalue weighted by atomic mass is 10.0. The zero-order chi connectivity index (χ0) is 19.6. The van der Waals surface area contributed by atoms with Gasteiger partial charge in [0.25, 0.3) is 5.91 Å². The molecule has 27 heavy (non-hydrogen) atoms. The number of allylic oxidation sites excluding steroid dienone is 1. The van der Waals surface area contributed by atoms with E-state index in [1.54, 1.807) is 19.2 Å². The van der Waals surface area contributed by atoms with Crippen LogP contribution < -0.4 is 10.6 Å². The molecule has 5 nitrogen and oxygen atoms in total. The van der Waals surface area contributed by atoms with Crippen molar-refractivity contribution in [1.29, 1.82) is 0 Å². The molecular formula is C18H18BrClF2N4O. The lowest BCUT2D eigenvalue weighted by molar-refractivity contribution is 0.0963. The number of anilines is 1. The van der Waals surface area contributed by atoms with Gasteiger partial charge in [-0.1, -0.05) is 17.7 Å². The van der Waals surface area contributed by atoms with Gasteiger partial charge in [0.2, 0.25) is 6.43 Å². The van der Waals surface area contributed by atoms with Gasteiger partial charge in [-0.2, -0.15) is 5.10 Å². The molecule has 2 aromatic rings. The molecule has 0 aliphatic carbocycles. The molecule has 0 bridgehead atoms. The van der Waals surface area contributed by atoms with Crippen molar-refractivity contribution >= 4 is 44.8 Å². The Bertz CT molecular complexity index is 898. The van der Waals surface area contributed by atoms with Crippen LogP contribution in [0.4, 0.5) is 14.5 Å². The van der Waals surface area contributed by atoms with Gasteiger partial charge in [0, 0.05) is 31.1 Å². The molecule has 0 atom stereocenters. The number of halogens is 4. The molecule has 144 valence electrons. The number of hydrogen-bond acceptors (Lipinski definition) is 3. The van der Waals surface area contributed by atoms with Crippen LogP contribution in [0.25, 0.3) is 5.70 Å². The van der Waals surface area contributed by atoms with Crippen LogP contribution in [0.15, 0.2) is 28.9 Å². The molecule has 2 N–H and O–H groups in total. The molecule has 0 unspecified atom stereocenters. The van der Waals surface area contributed by atoms with Crippen molar-refractivity contribution in [2.75, 3.05) is 12.4 Å². The predicted molar refractivity (Wildman–Crippen MR) is 105 cm³/mol. The van der Waals surface area contributed by atoms with Crippen molar-refractivity contribution in [3.63, 3.8) is 0 Å². The average molecular weight is 460 g/mol. The molecule has 0 fully saturated rings. The van der Waals surface area contributed by atoms with E-state index < -0.39 is 6.43 Å². The first-order valence-corrected chi connectivity index (χ1v) is 9.59. The number of aromatic nitrogens is 2. The first-order valence-electron chi connectivity index (χ1n) is 8.42. The van der Waals surface area contributed by atoms with Gasteiger partial charge in [0.05, 0.1) is 22.6 Å². The number of carbonyl (C=O) groups is 1. The third kappa shape index (κ3) is 4.50. The molecule has 0 saturated heterocycles. The first kappa shape index (κ1) is 19.8. The maximum atomic E-state index is 12.6. The van der Waals surface area contributed by atoms with Crippen molar-refractivity contribution in [2.45, 2.75) is 32.2 Å². The van der Waals surface area contributed by atoms with Gasteiger partial charge in [0.1, 0.15) is 4.60 Å². The zero-order valence-electron chi connectivity index (χ0n) is 14.5. The second-order valence-corrected chi connectivity index (χ2v) is 7.35. The number of rotatable bonds is 5. The third-order valence-electron chi connectivity index (χ3n) is 4.26. The fourth-order valence-electron chi connectivity index (χ4n) is 3.04. The van der Waals surface area contributed by atoms with E-state index in [1.807, 2.05) is 12.1 Å². The Morgan fingerprint density at radius 2 is 2.22 bits per heavy atom. The molecule has 0 saturated carbocycles. The standard InChI is InChI=1S/C18H18BrClF2N4O/c1-23-18(27)12-8-11(20)7-10-3-2-4-13(24-17(10)12)14-9-15(19)25-26(14)6-5-16(21)22/h4,7-9,16,24H,2-3,5-6H2,1H3,(H,23,27). The molecule has 9 heteroatoms. The number of alkyl halides is 2. The zero-order valence-corrected chi connectivity index (χ0v) is 16.9. The Balaban J connectivity index is 2.00. The Morgan fingerprint density at radius 3 is 2.93 bits per heavy atom. The quantitative estimate of drug-likeness (QED) is 0.681. The lowest BCUT2D eigenvalue weighted by Crippen LogP contribution is -2.20. The van der Waals surface area contributed by atoms with Crippen LogP contribution in [-0.2, 0) is 13.0 Å².